The molecule has 3 rings (SSSR count). The lowest BCUT2D eigenvalue weighted by Gasteiger charge is -2.15. The summed E-state index contributed by atoms with van der Waals surface area (Å²) in [6, 6.07) is 0. The zero-order valence-electron chi connectivity index (χ0n) is 12.2. The van der Waals surface area contributed by atoms with Gasteiger partial charge in [-0.3, -0.25) is 4.79 Å². The molecule has 0 bridgehead atoms. The van der Waals surface area contributed by atoms with Gasteiger partial charge in [0.15, 0.2) is 0 Å². The predicted molar refractivity (Wildman–Crippen MR) is 82.1 cm³/mol. The van der Waals surface area contributed by atoms with E-state index in [0.29, 0.717) is 0 Å². The smallest absolute Gasteiger partial charge is 0.228 e. The lowest BCUT2D eigenvalue weighted by atomic mass is 10.1. The molecule has 0 aliphatic heterocycles. The highest BCUT2D eigenvalue weighted by Gasteiger charge is 2.49. The Morgan fingerprint density at radius 3 is 3.00 bits per heavy atom. The first-order valence-corrected chi connectivity index (χ1v) is 8.21. The molecule has 0 atom stereocenters. The maximum absolute atomic E-state index is 12.3. The Morgan fingerprint density at radius 1 is 1.52 bits per heavy atom. The quantitative estimate of drug-likeness (QED) is 0.798. The van der Waals surface area contributed by atoms with Crippen LogP contribution in [0.1, 0.15) is 30.0 Å². The van der Waals surface area contributed by atoms with Crippen LogP contribution in [0, 0.1) is 12.3 Å². The monoisotopic (exact) mass is 304 g/mol. The van der Waals surface area contributed by atoms with Gasteiger partial charge in [-0.25, -0.2) is 9.97 Å². The Morgan fingerprint density at radius 2 is 2.38 bits per heavy atom. The van der Waals surface area contributed by atoms with Crippen molar-refractivity contribution in [2.45, 2.75) is 39.2 Å². The molecule has 1 amide bonds. The summed E-state index contributed by atoms with van der Waals surface area (Å²) >= 11 is 1.69. The topological polar surface area (TPSA) is 59.8 Å². The Bertz CT molecular complexity index is 601. The highest BCUT2D eigenvalue weighted by Crippen LogP contribution is 2.47. The fourth-order valence-electron chi connectivity index (χ4n) is 2.48. The Kier molecular flexibility index (Phi) is 4.05. The maximum Gasteiger partial charge on any atom is 0.228 e. The van der Waals surface area contributed by atoms with E-state index in [4.69, 9.17) is 0 Å². The van der Waals surface area contributed by atoms with E-state index in [-0.39, 0.29) is 11.3 Å². The minimum Gasteiger partial charge on any atom is -0.356 e. The highest BCUT2D eigenvalue weighted by molar-refractivity contribution is 7.09. The third-order valence-electron chi connectivity index (χ3n) is 3.90. The van der Waals surface area contributed by atoms with Gasteiger partial charge in [-0.2, -0.15) is 0 Å². The number of nitrogens with zero attached hydrogens (tertiary/aromatic N) is 3. The molecule has 0 spiro atoms. The van der Waals surface area contributed by atoms with E-state index in [1.807, 2.05) is 17.7 Å². The first-order chi connectivity index (χ1) is 10.2. The van der Waals surface area contributed by atoms with Crippen LogP contribution in [-0.4, -0.2) is 27.0 Å². The van der Waals surface area contributed by atoms with Crippen molar-refractivity contribution in [1.82, 2.24) is 19.9 Å². The van der Waals surface area contributed by atoms with Crippen LogP contribution in [0.3, 0.4) is 0 Å². The second-order valence-corrected chi connectivity index (χ2v) is 6.70. The summed E-state index contributed by atoms with van der Waals surface area (Å²) in [5.41, 5.74) is 0.884. The number of amides is 1. The molecule has 1 fully saturated rings. The van der Waals surface area contributed by atoms with Crippen LogP contribution in [0.5, 0.6) is 0 Å². The van der Waals surface area contributed by atoms with Gasteiger partial charge in [0.2, 0.25) is 5.91 Å². The van der Waals surface area contributed by atoms with Crippen molar-refractivity contribution >= 4 is 17.2 Å². The number of carbonyl (C=O) groups excluding carboxylic acids is 1. The average Bonchev–Trinajstić information content (AvgIpc) is 2.86. The lowest BCUT2D eigenvalue weighted by molar-refractivity contribution is -0.126. The Balaban J connectivity index is 1.42. The van der Waals surface area contributed by atoms with E-state index in [2.05, 4.69) is 20.7 Å². The first-order valence-electron chi connectivity index (χ1n) is 7.33. The zero-order chi connectivity index (χ0) is 14.7. The average molecular weight is 304 g/mol. The van der Waals surface area contributed by atoms with Crippen molar-refractivity contribution in [3.8, 4) is 0 Å². The predicted octanol–water partition coefficient (Wildman–Crippen LogP) is 2.18. The number of aromatic nitrogens is 3. The Labute approximate surface area is 128 Å². The number of hydrogen-bond acceptors (Lipinski definition) is 4. The number of rotatable bonds is 7. The molecule has 0 radical (unpaired) electrons. The van der Waals surface area contributed by atoms with E-state index in [0.717, 1.165) is 49.5 Å². The largest absolute Gasteiger partial charge is 0.356 e. The Hall–Kier alpha value is -1.69. The van der Waals surface area contributed by atoms with Gasteiger partial charge in [-0.05, 0) is 26.2 Å². The van der Waals surface area contributed by atoms with Gasteiger partial charge in [-0.1, -0.05) is 0 Å². The van der Waals surface area contributed by atoms with Gasteiger partial charge in [0, 0.05) is 43.0 Å². The minimum absolute atomic E-state index is 0.187. The molecule has 1 aliphatic carbocycles. The second-order valence-electron chi connectivity index (χ2n) is 5.76. The van der Waals surface area contributed by atoms with Crippen molar-refractivity contribution in [3.05, 3.63) is 34.8 Å². The summed E-state index contributed by atoms with van der Waals surface area (Å²) < 4.78 is 1.99. The van der Waals surface area contributed by atoms with Gasteiger partial charge in [0.1, 0.15) is 0 Å². The van der Waals surface area contributed by atoms with Crippen molar-refractivity contribution in [2.75, 3.05) is 6.54 Å². The van der Waals surface area contributed by atoms with Crippen molar-refractivity contribution < 1.29 is 4.79 Å². The summed E-state index contributed by atoms with van der Waals surface area (Å²) in [5, 5.41) is 6.30. The molecular weight excluding hydrogens is 284 g/mol. The van der Waals surface area contributed by atoms with Crippen LogP contribution in [0.2, 0.25) is 0 Å². The van der Waals surface area contributed by atoms with Crippen molar-refractivity contribution in [1.29, 1.82) is 0 Å². The summed E-state index contributed by atoms with van der Waals surface area (Å²) in [4.78, 5) is 20.8. The third kappa shape index (κ3) is 3.50. The normalized spacial score (nSPS) is 15.9. The van der Waals surface area contributed by atoms with E-state index < -0.39 is 0 Å². The fourth-order valence-corrected chi connectivity index (χ4v) is 3.30. The van der Waals surface area contributed by atoms with E-state index in [1.165, 1.54) is 0 Å². The molecule has 1 N–H and O–H groups in total. The standard InChI is InChI=1S/C15H20N4OS/c1-12-9-21-13(18-12)3-2-6-17-14(20)15(4-5-15)10-19-8-7-16-11-19/h7-9,11H,2-6,10H2,1H3,(H,17,20). The zero-order valence-corrected chi connectivity index (χ0v) is 13.0. The van der Waals surface area contributed by atoms with Gasteiger partial charge in [0.05, 0.1) is 16.7 Å². The van der Waals surface area contributed by atoms with Crippen LogP contribution in [0.15, 0.2) is 24.1 Å². The molecule has 0 saturated heterocycles. The molecule has 6 heteroatoms. The third-order valence-corrected chi connectivity index (χ3v) is 4.93. The molecule has 1 aliphatic rings. The van der Waals surface area contributed by atoms with Crippen LogP contribution in [-0.2, 0) is 17.8 Å². The fraction of sp³-hybridized carbons (Fsp3) is 0.533. The highest BCUT2D eigenvalue weighted by atomic mass is 32.1. The summed E-state index contributed by atoms with van der Waals surface area (Å²) in [6.07, 6.45) is 9.28. The number of aryl methyl sites for hydroxylation is 2. The number of thiazole rings is 1. The van der Waals surface area contributed by atoms with E-state index >= 15 is 0 Å². The van der Waals surface area contributed by atoms with Crippen molar-refractivity contribution in [3.63, 3.8) is 0 Å². The number of hydrogen-bond donors (Lipinski definition) is 1. The van der Waals surface area contributed by atoms with Crippen LogP contribution < -0.4 is 5.32 Å². The molecule has 1 saturated carbocycles. The first kappa shape index (κ1) is 14.3. The van der Waals surface area contributed by atoms with Gasteiger partial charge in [0.25, 0.3) is 0 Å². The molecule has 2 aromatic rings. The number of carbonyl (C=O) groups is 1. The van der Waals surface area contributed by atoms with E-state index in [1.54, 1.807) is 23.9 Å². The van der Waals surface area contributed by atoms with Crippen molar-refractivity contribution in [2.24, 2.45) is 5.41 Å². The number of imidazole rings is 1. The van der Waals surface area contributed by atoms with Crippen LogP contribution >= 0.6 is 11.3 Å². The van der Waals surface area contributed by atoms with Crippen LogP contribution in [0.4, 0.5) is 0 Å². The summed E-state index contributed by atoms with van der Waals surface area (Å²) in [6.45, 7) is 3.47. The molecular formula is C15H20N4OS. The maximum atomic E-state index is 12.3. The molecule has 0 unspecified atom stereocenters. The minimum atomic E-state index is -0.196. The molecule has 2 heterocycles. The van der Waals surface area contributed by atoms with E-state index in [9.17, 15) is 4.79 Å². The van der Waals surface area contributed by atoms with Gasteiger partial charge >= 0.3 is 0 Å². The summed E-state index contributed by atoms with van der Waals surface area (Å²) in [7, 11) is 0. The number of nitrogens with one attached hydrogen (secondary N) is 1. The van der Waals surface area contributed by atoms with Crippen LogP contribution in [0.25, 0.3) is 0 Å². The molecule has 5 nitrogen and oxygen atoms in total. The molecule has 0 aromatic carbocycles. The lowest BCUT2D eigenvalue weighted by Crippen LogP contribution is -2.35. The molecule has 112 valence electrons. The van der Waals surface area contributed by atoms with Gasteiger partial charge < -0.3 is 9.88 Å². The SMILES string of the molecule is Cc1csc(CCCNC(=O)C2(Cn3ccnc3)CC2)n1. The molecule has 21 heavy (non-hydrogen) atoms. The van der Waals surface area contributed by atoms with Gasteiger partial charge in [-0.15, -0.1) is 11.3 Å². The second kappa shape index (κ2) is 5.97. The molecule has 2 aromatic heterocycles. The summed E-state index contributed by atoms with van der Waals surface area (Å²) in [5.74, 6) is 0.187.